The Morgan fingerprint density at radius 2 is 0.695 bits per heavy atom. The highest BCUT2D eigenvalue weighted by atomic mass is 16.6. The Morgan fingerprint density at radius 1 is 0.356 bits per heavy atom. The van der Waals surface area contributed by atoms with E-state index in [1.807, 2.05) is 6.08 Å². The number of hydrogen-bond donors (Lipinski definition) is 0. The molecule has 0 rings (SSSR count). The first-order valence-electron chi connectivity index (χ1n) is 24.8. The van der Waals surface area contributed by atoms with Gasteiger partial charge in [0.05, 0.1) is 0 Å². The summed E-state index contributed by atoms with van der Waals surface area (Å²) in [4.78, 5) is 37.7. The van der Waals surface area contributed by atoms with E-state index in [2.05, 4.69) is 75.5 Å². The zero-order valence-corrected chi connectivity index (χ0v) is 38.8. The van der Waals surface area contributed by atoms with Crippen LogP contribution in [-0.4, -0.2) is 37.2 Å². The van der Waals surface area contributed by atoms with Crippen molar-refractivity contribution in [3.63, 3.8) is 0 Å². The first-order chi connectivity index (χ1) is 29.0. The lowest BCUT2D eigenvalue weighted by Crippen LogP contribution is -2.30. The van der Waals surface area contributed by atoms with Gasteiger partial charge in [-0.05, 0) is 89.9 Å². The fourth-order valence-electron chi connectivity index (χ4n) is 6.76. The van der Waals surface area contributed by atoms with Crippen LogP contribution in [0.25, 0.3) is 0 Å². The molecule has 0 N–H and O–H groups in total. The maximum atomic E-state index is 12.7. The zero-order valence-electron chi connectivity index (χ0n) is 38.8. The van der Waals surface area contributed by atoms with Gasteiger partial charge in [-0.25, -0.2) is 0 Å². The summed E-state index contributed by atoms with van der Waals surface area (Å²) in [6.07, 6.45) is 58.1. The number of carbonyl (C=O) groups excluding carboxylic acids is 3. The van der Waals surface area contributed by atoms with Crippen molar-refractivity contribution in [2.24, 2.45) is 0 Å². The summed E-state index contributed by atoms with van der Waals surface area (Å²) in [7, 11) is 0. The molecular formula is C53H92O6. The molecule has 1 unspecified atom stereocenters. The van der Waals surface area contributed by atoms with Crippen LogP contribution in [0.2, 0.25) is 0 Å². The van der Waals surface area contributed by atoms with Crippen LogP contribution in [0.15, 0.2) is 60.8 Å². The van der Waals surface area contributed by atoms with Gasteiger partial charge in [-0.15, -0.1) is 0 Å². The van der Waals surface area contributed by atoms with Crippen LogP contribution in [0.3, 0.4) is 0 Å². The smallest absolute Gasteiger partial charge is 0.306 e. The number of rotatable bonds is 44. The van der Waals surface area contributed by atoms with E-state index in [9.17, 15) is 14.4 Å². The second-order valence-corrected chi connectivity index (χ2v) is 16.3. The van der Waals surface area contributed by atoms with Crippen LogP contribution in [0.1, 0.15) is 239 Å². The Hall–Kier alpha value is -2.89. The number of esters is 3. The van der Waals surface area contributed by atoms with Crippen LogP contribution in [0.5, 0.6) is 0 Å². The Morgan fingerprint density at radius 3 is 1.14 bits per heavy atom. The first-order valence-corrected chi connectivity index (χ1v) is 24.8. The van der Waals surface area contributed by atoms with E-state index in [-0.39, 0.29) is 37.5 Å². The van der Waals surface area contributed by atoms with E-state index >= 15 is 0 Å². The monoisotopic (exact) mass is 825 g/mol. The Balaban J connectivity index is 4.37. The Labute approximate surface area is 364 Å². The third-order valence-corrected chi connectivity index (χ3v) is 10.5. The fraction of sp³-hybridized carbons (Fsp3) is 0.755. The Bertz CT molecular complexity index is 1090. The van der Waals surface area contributed by atoms with E-state index in [0.29, 0.717) is 19.3 Å². The van der Waals surface area contributed by atoms with Gasteiger partial charge in [-0.2, -0.15) is 0 Å². The molecule has 0 saturated carbocycles. The lowest BCUT2D eigenvalue weighted by Gasteiger charge is -2.18. The SMILES string of the molecule is CC/C=C\C/C=C\CCCCC(=O)OCC(COC(=O)CCCCCCCCC/C=C\CCCCCCCCCC)OC(=O)CC/C=C\C/C=C\CCCCCCCC. The van der Waals surface area contributed by atoms with Crippen LogP contribution in [0, 0.1) is 0 Å². The largest absolute Gasteiger partial charge is 0.462 e. The summed E-state index contributed by atoms with van der Waals surface area (Å²) in [6.45, 7) is 6.42. The molecule has 6 heteroatoms. The van der Waals surface area contributed by atoms with Gasteiger partial charge in [-0.3, -0.25) is 14.4 Å². The molecule has 59 heavy (non-hydrogen) atoms. The molecule has 0 bridgehead atoms. The summed E-state index contributed by atoms with van der Waals surface area (Å²) in [5.74, 6) is -1.02. The van der Waals surface area contributed by atoms with Gasteiger partial charge in [-0.1, -0.05) is 191 Å². The van der Waals surface area contributed by atoms with Crippen molar-refractivity contribution in [2.45, 2.75) is 245 Å². The predicted octanol–water partition coefficient (Wildman–Crippen LogP) is 16.1. The molecule has 0 aliphatic heterocycles. The highest BCUT2D eigenvalue weighted by Crippen LogP contribution is 2.13. The van der Waals surface area contributed by atoms with Gasteiger partial charge >= 0.3 is 17.9 Å². The minimum atomic E-state index is -0.816. The molecule has 0 saturated heterocycles. The van der Waals surface area contributed by atoms with Gasteiger partial charge in [0.2, 0.25) is 0 Å². The van der Waals surface area contributed by atoms with Crippen molar-refractivity contribution in [1.29, 1.82) is 0 Å². The summed E-state index contributed by atoms with van der Waals surface area (Å²) < 4.78 is 16.6. The molecule has 0 amide bonds. The molecule has 0 radical (unpaired) electrons. The molecule has 0 aromatic rings. The maximum absolute atomic E-state index is 12.7. The second kappa shape index (κ2) is 47.8. The lowest BCUT2D eigenvalue weighted by molar-refractivity contribution is -0.166. The van der Waals surface area contributed by atoms with Crippen molar-refractivity contribution in [1.82, 2.24) is 0 Å². The first kappa shape index (κ1) is 56.1. The minimum Gasteiger partial charge on any atom is -0.462 e. The van der Waals surface area contributed by atoms with Crippen LogP contribution < -0.4 is 0 Å². The molecule has 0 spiro atoms. The predicted molar refractivity (Wildman–Crippen MR) is 251 cm³/mol. The quantitative estimate of drug-likeness (QED) is 0.0263. The second-order valence-electron chi connectivity index (χ2n) is 16.3. The van der Waals surface area contributed by atoms with Crippen molar-refractivity contribution in [2.75, 3.05) is 13.2 Å². The van der Waals surface area contributed by atoms with Gasteiger partial charge in [0, 0.05) is 19.3 Å². The van der Waals surface area contributed by atoms with Crippen LogP contribution >= 0.6 is 0 Å². The number of carbonyl (C=O) groups is 3. The summed E-state index contributed by atoms with van der Waals surface area (Å²) in [5, 5.41) is 0. The molecule has 340 valence electrons. The summed E-state index contributed by atoms with van der Waals surface area (Å²) in [5.41, 5.74) is 0. The molecule has 1 atom stereocenters. The van der Waals surface area contributed by atoms with Gasteiger partial charge < -0.3 is 14.2 Å². The van der Waals surface area contributed by atoms with Crippen LogP contribution in [-0.2, 0) is 28.6 Å². The Kier molecular flexibility index (Phi) is 45.4. The molecular weight excluding hydrogens is 733 g/mol. The molecule has 6 nitrogen and oxygen atoms in total. The standard InChI is InChI=1S/C53H92O6/c1-4-7-10-13-16-19-21-23-24-25-26-27-28-30-31-34-37-40-43-46-52(55)58-49-50(48-57-51(54)45-42-39-36-33-18-15-12-9-6-3)59-53(56)47-44-41-38-35-32-29-22-20-17-14-11-8-5-2/h9,12,18,25-26,29,32-33,38,41,50H,4-8,10-11,13-17,19-24,27-28,30-31,34-37,39-40,42-49H2,1-3H3/b12-9-,26-25-,32-29-,33-18-,41-38-. The van der Waals surface area contributed by atoms with Gasteiger partial charge in [0.15, 0.2) is 6.10 Å². The third kappa shape index (κ3) is 46.0. The van der Waals surface area contributed by atoms with Gasteiger partial charge in [0.25, 0.3) is 0 Å². The molecule has 0 fully saturated rings. The normalized spacial score (nSPS) is 12.5. The molecule has 0 heterocycles. The number of allylic oxidation sites excluding steroid dienone is 10. The van der Waals surface area contributed by atoms with Crippen LogP contribution in [0.4, 0.5) is 0 Å². The van der Waals surface area contributed by atoms with Crippen molar-refractivity contribution < 1.29 is 28.6 Å². The highest BCUT2D eigenvalue weighted by Gasteiger charge is 2.19. The van der Waals surface area contributed by atoms with Crippen molar-refractivity contribution >= 4 is 17.9 Å². The number of unbranched alkanes of at least 4 members (excludes halogenated alkanes) is 23. The zero-order chi connectivity index (χ0) is 43.0. The van der Waals surface area contributed by atoms with E-state index in [1.165, 1.54) is 128 Å². The van der Waals surface area contributed by atoms with Gasteiger partial charge in [0.1, 0.15) is 13.2 Å². The van der Waals surface area contributed by atoms with E-state index in [1.54, 1.807) is 0 Å². The third-order valence-electron chi connectivity index (χ3n) is 10.5. The molecule has 0 aliphatic carbocycles. The molecule has 0 aromatic heterocycles. The molecule has 0 aliphatic rings. The summed E-state index contributed by atoms with van der Waals surface area (Å²) >= 11 is 0. The topological polar surface area (TPSA) is 78.9 Å². The van der Waals surface area contributed by atoms with Crippen molar-refractivity contribution in [3.05, 3.63) is 60.8 Å². The van der Waals surface area contributed by atoms with E-state index in [4.69, 9.17) is 14.2 Å². The lowest BCUT2D eigenvalue weighted by atomic mass is 10.1. The van der Waals surface area contributed by atoms with Crippen molar-refractivity contribution in [3.8, 4) is 0 Å². The average molecular weight is 825 g/mol. The summed E-state index contributed by atoms with van der Waals surface area (Å²) in [6, 6.07) is 0. The number of hydrogen-bond acceptors (Lipinski definition) is 6. The number of ether oxygens (including phenoxy) is 3. The maximum Gasteiger partial charge on any atom is 0.306 e. The molecule has 0 aromatic carbocycles. The minimum absolute atomic E-state index is 0.109. The average Bonchev–Trinajstić information content (AvgIpc) is 3.23. The highest BCUT2D eigenvalue weighted by molar-refractivity contribution is 5.71. The fourth-order valence-corrected chi connectivity index (χ4v) is 6.76. The van der Waals surface area contributed by atoms with E-state index < -0.39 is 6.10 Å². The van der Waals surface area contributed by atoms with E-state index in [0.717, 1.165) is 64.2 Å².